The van der Waals surface area contributed by atoms with E-state index in [1.807, 2.05) is 0 Å². The summed E-state index contributed by atoms with van der Waals surface area (Å²) >= 11 is 3.47. The maximum atomic E-state index is 3.62. The third-order valence-electron chi connectivity index (χ3n) is 3.90. The van der Waals surface area contributed by atoms with Gasteiger partial charge >= 0.3 is 0 Å². The van der Waals surface area contributed by atoms with E-state index in [4.69, 9.17) is 0 Å². The molecule has 100 valence electrons. The summed E-state index contributed by atoms with van der Waals surface area (Å²) in [6.45, 7) is 2.19. The molecule has 0 amide bonds. The van der Waals surface area contributed by atoms with E-state index in [-0.39, 0.29) is 0 Å². The molecule has 0 radical (unpaired) electrons. The molecule has 0 atom stereocenters. The SMILES string of the molecule is Brc1ccc(CNCC2CCCCCCC2)cc1. The van der Waals surface area contributed by atoms with Gasteiger partial charge in [0.1, 0.15) is 0 Å². The van der Waals surface area contributed by atoms with Crippen molar-refractivity contribution in [3.8, 4) is 0 Å². The lowest BCUT2D eigenvalue weighted by molar-refractivity contribution is 0.361. The number of rotatable bonds is 4. The second kappa shape index (κ2) is 7.96. The summed E-state index contributed by atoms with van der Waals surface area (Å²) in [7, 11) is 0. The van der Waals surface area contributed by atoms with Gasteiger partial charge in [-0.3, -0.25) is 0 Å². The summed E-state index contributed by atoms with van der Waals surface area (Å²) in [6, 6.07) is 8.62. The monoisotopic (exact) mass is 309 g/mol. The van der Waals surface area contributed by atoms with Gasteiger partial charge in [0.05, 0.1) is 0 Å². The number of hydrogen-bond donors (Lipinski definition) is 1. The quantitative estimate of drug-likeness (QED) is 0.834. The minimum atomic E-state index is 0.903. The second-order valence-corrected chi connectivity index (χ2v) is 6.38. The van der Waals surface area contributed by atoms with Gasteiger partial charge in [0.25, 0.3) is 0 Å². The minimum absolute atomic E-state index is 0.903. The number of nitrogens with one attached hydrogen (secondary N) is 1. The summed E-state index contributed by atoms with van der Waals surface area (Å²) in [5.41, 5.74) is 1.38. The normalized spacial score (nSPS) is 18.3. The zero-order valence-electron chi connectivity index (χ0n) is 11.1. The average Bonchev–Trinajstić information content (AvgIpc) is 2.34. The van der Waals surface area contributed by atoms with E-state index in [1.165, 1.54) is 57.1 Å². The summed E-state index contributed by atoms with van der Waals surface area (Å²) in [6.07, 6.45) is 10.1. The first-order valence-electron chi connectivity index (χ1n) is 7.30. The van der Waals surface area contributed by atoms with Crippen molar-refractivity contribution in [3.63, 3.8) is 0 Å². The van der Waals surface area contributed by atoms with E-state index in [0.29, 0.717) is 0 Å². The van der Waals surface area contributed by atoms with E-state index >= 15 is 0 Å². The van der Waals surface area contributed by atoms with E-state index in [1.54, 1.807) is 0 Å². The lowest BCUT2D eigenvalue weighted by atomic mass is 9.91. The zero-order chi connectivity index (χ0) is 12.6. The topological polar surface area (TPSA) is 12.0 Å². The molecular formula is C16H24BrN. The van der Waals surface area contributed by atoms with Gasteiger partial charge in [0, 0.05) is 11.0 Å². The highest BCUT2D eigenvalue weighted by Crippen LogP contribution is 2.21. The third-order valence-corrected chi connectivity index (χ3v) is 4.43. The molecule has 2 heteroatoms. The number of benzene rings is 1. The van der Waals surface area contributed by atoms with E-state index in [0.717, 1.165) is 16.9 Å². The first-order chi connectivity index (χ1) is 8.84. The van der Waals surface area contributed by atoms with Gasteiger partial charge in [0.2, 0.25) is 0 Å². The molecule has 0 unspecified atom stereocenters. The van der Waals surface area contributed by atoms with Crippen LogP contribution in [0.1, 0.15) is 50.5 Å². The van der Waals surface area contributed by atoms with E-state index < -0.39 is 0 Å². The Morgan fingerprint density at radius 1 is 0.944 bits per heavy atom. The predicted octanol–water partition coefficient (Wildman–Crippen LogP) is 4.90. The van der Waals surface area contributed by atoms with Gasteiger partial charge in [0.15, 0.2) is 0 Å². The van der Waals surface area contributed by atoms with Crippen LogP contribution in [0.4, 0.5) is 0 Å². The Morgan fingerprint density at radius 3 is 2.22 bits per heavy atom. The molecule has 0 aliphatic heterocycles. The Balaban J connectivity index is 1.68. The fourth-order valence-corrected chi connectivity index (χ4v) is 3.03. The van der Waals surface area contributed by atoms with Gasteiger partial charge < -0.3 is 5.32 Å². The zero-order valence-corrected chi connectivity index (χ0v) is 12.7. The van der Waals surface area contributed by atoms with Crippen LogP contribution in [0.15, 0.2) is 28.7 Å². The van der Waals surface area contributed by atoms with Crippen molar-refractivity contribution >= 4 is 15.9 Å². The largest absolute Gasteiger partial charge is 0.312 e. The van der Waals surface area contributed by atoms with Crippen LogP contribution in [0.3, 0.4) is 0 Å². The van der Waals surface area contributed by atoms with Crippen molar-refractivity contribution in [2.24, 2.45) is 5.92 Å². The van der Waals surface area contributed by atoms with Crippen molar-refractivity contribution < 1.29 is 0 Å². The predicted molar refractivity (Wildman–Crippen MR) is 81.7 cm³/mol. The molecule has 18 heavy (non-hydrogen) atoms. The van der Waals surface area contributed by atoms with Gasteiger partial charge in [-0.05, 0) is 43.0 Å². The summed E-state index contributed by atoms with van der Waals surface area (Å²) < 4.78 is 1.16. The molecule has 1 aliphatic rings. The molecular weight excluding hydrogens is 286 g/mol. The van der Waals surface area contributed by atoms with Crippen molar-refractivity contribution in [2.75, 3.05) is 6.54 Å². The summed E-state index contributed by atoms with van der Waals surface area (Å²) in [5.74, 6) is 0.903. The molecule has 0 bridgehead atoms. The first kappa shape index (κ1) is 14.1. The van der Waals surface area contributed by atoms with Gasteiger partial charge in [-0.25, -0.2) is 0 Å². The fourth-order valence-electron chi connectivity index (χ4n) is 2.77. The van der Waals surface area contributed by atoms with Crippen LogP contribution < -0.4 is 5.32 Å². The highest BCUT2D eigenvalue weighted by atomic mass is 79.9. The molecule has 1 aliphatic carbocycles. The van der Waals surface area contributed by atoms with Crippen LogP contribution >= 0.6 is 15.9 Å². The van der Waals surface area contributed by atoms with Gasteiger partial charge in [-0.2, -0.15) is 0 Å². The Hall–Kier alpha value is -0.340. The van der Waals surface area contributed by atoms with Crippen LogP contribution in [0, 0.1) is 5.92 Å². The summed E-state index contributed by atoms with van der Waals surface area (Å²) in [4.78, 5) is 0. The molecule has 1 N–H and O–H groups in total. The Morgan fingerprint density at radius 2 is 1.56 bits per heavy atom. The first-order valence-corrected chi connectivity index (χ1v) is 8.09. The van der Waals surface area contributed by atoms with Crippen LogP contribution in [0.25, 0.3) is 0 Å². The molecule has 1 aromatic rings. The maximum absolute atomic E-state index is 3.62. The Bertz CT molecular complexity index is 325. The molecule has 1 saturated carbocycles. The van der Waals surface area contributed by atoms with Crippen LogP contribution in [0.5, 0.6) is 0 Å². The van der Waals surface area contributed by atoms with Gasteiger partial charge in [-0.1, -0.05) is 60.2 Å². The molecule has 0 saturated heterocycles. The third kappa shape index (κ3) is 5.11. The Kier molecular flexibility index (Phi) is 6.22. The molecule has 0 aromatic heterocycles. The van der Waals surface area contributed by atoms with Gasteiger partial charge in [-0.15, -0.1) is 0 Å². The standard InChI is InChI=1S/C16H24BrN/c17-16-10-8-15(9-11-16)13-18-12-14-6-4-2-1-3-5-7-14/h8-11,14,18H,1-7,12-13H2. The minimum Gasteiger partial charge on any atom is -0.312 e. The fraction of sp³-hybridized carbons (Fsp3) is 0.625. The molecule has 2 rings (SSSR count). The molecule has 1 aromatic carbocycles. The molecule has 1 nitrogen and oxygen atoms in total. The summed E-state index contributed by atoms with van der Waals surface area (Å²) in [5, 5.41) is 3.62. The van der Waals surface area contributed by atoms with Crippen molar-refractivity contribution in [3.05, 3.63) is 34.3 Å². The second-order valence-electron chi connectivity index (χ2n) is 5.47. The average molecular weight is 310 g/mol. The van der Waals surface area contributed by atoms with Crippen LogP contribution in [0.2, 0.25) is 0 Å². The molecule has 0 spiro atoms. The number of halogens is 1. The lowest BCUT2D eigenvalue weighted by Gasteiger charge is -2.20. The van der Waals surface area contributed by atoms with Crippen LogP contribution in [-0.4, -0.2) is 6.54 Å². The molecule has 1 fully saturated rings. The van der Waals surface area contributed by atoms with E-state index in [2.05, 4.69) is 45.5 Å². The van der Waals surface area contributed by atoms with Crippen molar-refractivity contribution in [2.45, 2.75) is 51.5 Å². The Labute approximate surface area is 119 Å². The van der Waals surface area contributed by atoms with E-state index in [9.17, 15) is 0 Å². The van der Waals surface area contributed by atoms with Crippen molar-refractivity contribution in [1.29, 1.82) is 0 Å². The molecule has 0 heterocycles. The number of hydrogen-bond acceptors (Lipinski definition) is 1. The van der Waals surface area contributed by atoms with Crippen LogP contribution in [-0.2, 0) is 6.54 Å². The smallest absolute Gasteiger partial charge is 0.0205 e. The lowest BCUT2D eigenvalue weighted by Crippen LogP contribution is -2.23. The van der Waals surface area contributed by atoms with Crippen molar-refractivity contribution in [1.82, 2.24) is 5.32 Å². The highest BCUT2D eigenvalue weighted by Gasteiger charge is 2.10. The highest BCUT2D eigenvalue weighted by molar-refractivity contribution is 9.10. The maximum Gasteiger partial charge on any atom is 0.0205 e.